The van der Waals surface area contributed by atoms with Crippen LogP contribution in [0.5, 0.6) is 5.75 Å². The molecule has 0 bridgehead atoms. The van der Waals surface area contributed by atoms with E-state index in [1.807, 2.05) is 0 Å². The molecule has 0 radical (unpaired) electrons. The number of benzene rings is 1. The zero-order valence-corrected chi connectivity index (χ0v) is 16.7. The third kappa shape index (κ3) is 4.67. The number of carboxylic acids is 1. The van der Waals surface area contributed by atoms with Gasteiger partial charge in [0.25, 0.3) is 0 Å². The fourth-order valence-corrected chi connectivity index (χ4v) is 3.51. The second-order valence-corrected chi connectivity index (χ2v) is 8.41. The number of aliphatic imine (C=N–C) groups is 1. The lowest BCUT2D eigenvalue weighted by molar-refractivity contribution is -0.144. The third-order valence-electron chi connectivity index (χ3n) is 4.68. The highest BCUT2D eigenvalue weighted by molar-refractivity contribution is 7.88. The van der Waals surface area contributed by atoms with Gasteiger partial charge in [0.15, 0.2) is 0 Å². The van der Waals surface area contributed by atoms with Crippen LogP contribution in [0.4, 0.5) is 0 Å². The van der Waals surface area contributed by atoms with E-state index in [9.17, 15) is 18.3 Å². The molecule has 0 aliphatic carbocycles. The van der Waals surface area contributed by atoms with Crippen molar-refractivity contribution >= 4 is 21.7 Å². The van der Waals surface area contributed by atoms with E-state index in [0.717, 1.165) is 11.8 Å². The SMILES string of the molecule is CCC(C)(C(=O)O)C1=NCN(N(Cc2ccc(OC)cc2)S(C)(=O)=O)C=C1. The van der Waals surface area contributed by atoms with Gasteiger partial charge in [0.2, 0.25) is 10.0 Å². The molecule has 0 aromatic heterocycles. The molecule has 0 saturated heterocycles. The van der Waals surface area contributed by atoms with Crippen LogP contribution in [-0.4, -0.2) is 54.7 Å². The Hall–Kier alpha value is -2.39. The zero-order valence-electron chi connectivity index (χ0n) is 15.9. The summed E-state index contributed by atoms with van der Waals surface area (Å²) in [6, 6.07) is 7.10. The summed E-state index contributed by atoms with van der Waals surface area (Å²) < 4.78 is 30.9. The molecule has 1 unspecified atom stereocenters. The standard InChI is InChI=1S/C18H25N3O5S/c1-5-18(2,17(22)23)16-10-11-20(13-19-16)21(27(4,24)25)12-14-6-8-15(26-3)9-7-14/h6-11H,5,12-13H2,1-4H3,(H,22,23). The number of methoxy groups -OCH3 is 1. The number of nitrogens with zero attached hydrogens (tertiary/aromatic N) is 3. The Balaban J connectivity index is 2.22. The maximum atomic E-state index is 12.3. The number of allylic oxidation sites excluding steroid dienone is 1. The van der Waals surface area contributed by atoms with Gasteiger partial charge in [0.1, 0.15) is 17.8 Å². The first kappa shape index (κ1) is 20.9. The van der Waals surface area contributed by atoms with Crippen molar-refractivity contribution in [3.63, 3.8) is 0 Å². The highest BCUT2D eigenvalue weighted by Gasteiger charge is 2.37. The van der Waals surface area contributed by atoms with Gasteiger partial charge in [-0.2, -0.15) is 0 Å². The summed E-state index contributed by atoms with van der Waals surface area (Å²) in [5, 5.41) is 10.9. The van der Waals surface area contributed by atoms with Crippen molar-refractivity contribution in [1.82, 2.24) is 9.42 Å². The molecule has 0 spiro atoms. The van der Waals surface area contributed by atoms with Crippen LogP contribution in [0.25, 0.3) is 0 Å². The highest BCUT2D eigenvalue weighted by atomic mass is 32.2. The summed E-state index contributed by atoms with van der Waals surface area (Å²) in [6.45, 7) is 3.54. The Morgan fingerprint density at radius 3 is 2.41 bits per heavy atom. The molecule has 0 fully saturated rings. The van der Waals surface area contributed by atoms with E-state index in [1.54, 1.807) is 57.5 Å². The third-order valence-corrected chi connectivity index (χ3v) is 5.79. The van der Waals surface area contributed by atoms with Gasteiger partial charge < -0.3 is 9.84 Å². The number of rotatable bonds is 8. The van der Waals surface area contributed by atoms with E-state index in [2.05, 4.69) is 4.99 Å². The van der Waals surface area contributed by atoms with Crippen LogP contribution in [0.15, 0.2) is 41.5 Å². The maximum absolute atomic E-state index is 12.3. The summed E-state index contributed by atoms with van der Waals surface area (Å²) in [5.74, 6) is -0.274. The fourth-order valence-electron chi connectivity index (χ4n) is 2.64. The minimum Gasteiger partial charge on any atom is -0.497 e. The minimum absolute atomic E-state index is 0.0257. The second-order valence-electron chi connectivity index (χ2n) is 6.52. The molecule has 1 N–H and O–H groups in total. The van der Waals surface area contributed by atoms with Gasteiger partial charge in [-0.1, -0.05) is 19.1 Å². The van der Waals surface area contributed by atoms with Crippen LogP contribution in [0, 0.1) is 5.41 Å². The topological polar surface area (TPSA) is 99.5 Å². The summed E-state index contributed by atoms with van der Waals surface area (Å²) in [4.78, 5) is 15.9. The van der Waals surface area contributed by atoms with E-state index in [4.69, 9.17) is 4.74 Å². The molecule has 0 amide bonds. The molecule has 9 heteroatoms. The largest absolute Gasteiger partial charge is 0.497 e. The number of aliphatic carboxylic acids is 1. The molecule has 1 heterocycles. The van der Waals surface area contributed by atoms with Gasteiger partial charge in [-0.15, -0.1) is 4.41 Å². The lowest BCUT2D eigenvalue weighted by Crippen LogP contribution is -2.45. The van der Waals surface area contributed by atoms with Crippen molar-refractivity contribution < 1.29 is 23.1 Å². The summed E-state index contributed by atoms with van der Waals surface area (Å²) in [7, 11) is -2.00. The van der Waals surface area contributed by atoms with Gasteiger partial charge in [0, 0.05) is 6.20 Å². The molecular formula is C18H25N3O5S. The smallest absolute Gasteiger partial charge is 0.315 e. The first-order valence-corrected chi connectivity index (χ1v) is 10.3. The van der Waals surface area contributed by atoms with Gasteiger partial charge in [-0.05, 0) is 37.1 Å². The van der Waals surface area contributed by atoms with Gasteiger partial charge >= 0.3 is 5.97 Å². The van der Waals surface area contributed by atoms with Crippen LogP contribution in [0.3, 0.4) is 0 Å². The number of carboxylic acid groups (broad SMARTS) is 1. The molecule has 0 saturated carbocycles. The van der Waals surface area contributed by atoms with E-state index in [0.29, 0.717) is 17.9 Å². The Kier molecular flexibility index (Phi) is 6.27. The Morgan fingerprint density at radius 2 is 2.00 bits per heavy atom. The van der Waals surface area contributed by atoms with Gasteiger partial charge in [-0.25, -0.2) is 8.42 Å². The lowest BCUT2D eigenvalue weighted by atomic mass is 9.82. The number of carbonyl (C=O) groups is 1. The molecule has 1 aromatic carbocycles. The van der Waals surface area contributed by atoms with E-state index < -0.39 is 21.4 Å². The van der Waals surface area contributed by atoms with Crippen molar-refractivity contribution in [2.24, 2.45) is 10.4 Å². The lowest BCUT2D eigenvalue weighted by Gasteiger charge is -2.34. The van der Waals surface area contributed by atoms with Crippen LogP contribution in [0.2, 0.25) is 0 Å². The van der Waals surface area contributed by atoms with Gasteiger partial charge in [0.05, 0.1) is 25.6 Å². The van der Waals surface area contributed by atoms with E-state index >= 15 is 0 Å². The molecule has 8 nitrogen and oxygen atoms in total. The first-order chi connectivity index (χ1) is 12.6. The van der Waals surface area contributed by atoms with E-state index in [-0.39, 0.29) is 13.2 Å². The predicted molar refractivity (Wildman–Crippen MR) is 103 cm³/mol. The molecule has 1 aliphatic rings. The number of hydrogen-bond acceptors (Lipinski definition) is 6. The maximum Gasteiger partial charge on any atom is 0.315 e. The van der Waals surface area contributed by atoms with Crippen molar-refractivity contribution in [3.8, 4) is 5.75 Å². The average Bonchev–Trinajstić information content (AvgIpc) is 2.65. The van der Waals surface area contributed by atoms with Crippen molar-refractivity contribution in [1.29, 1.82) is 0 Å². The predicted octanol–water partition coefficient (Wildman–Crippen LogP) is 2.10. The molecule has 1 aliphatic heterocycles. The fraction of sp³-hybridized carbons (Fsp3) is 0.444. The Labute approximate surface area is 159 Å². The quantitative estimate of drug-likeness (QED) is 0.724. The second kappa shape index (κ2) is 8.10. The van der Waals surface area contributed by atoms with Crippen LogP contribution >= 0.6 is 0 Å². The summed E-state index contributed by atoms with van der Waals surface area (Å²) >= 11 is 0. The number of hydrazine groups is 1. The average molecular weight is 395 g/mol. The molecule has 27 heavy (non-hydrogen) atoms. The number of ether oxygens (including phenoxy) is 1. The summed E-state index contributed by atoms with van der Waals surface area (Å²) in [6.07, 6.45) is 4.63. The molecular weight excluding hydrogens is 370 g/mol. The van der Waals surface area contributed by atoms with Crippen LogP contribution < -0.4 is 4.74 Å². The number of hydrogen-bond donors (Lipinski definition) is 1. The van der Waals surface area contributed by atoms with E-state index in [1.165, 1.54) is 9.42 Å². The van der Waals surface area contributed by atoms with Crippen molar-refractivity contribution in [2.45, 2.75) is 26.8 Å². The Morgan fingerprint density at radius 1 is 1.37 bits per heavy atom. The molecule has 1 aromatic rings. The first-order valence-electron chi connectivity index (χ1n) is 8.45. The molecule has 2 rings (SSSR count). The van der Waals surface area contributed by atoms with Gasteiger partial charge in [-0.3, -0.25) is 14.8 Å². The highest BCUT2D eigenvalue weighted by Crippen LogP contribution is 2.27. The van der Waals surface area contributed by atoms with Crippen LogP contribution in [0.1, 0.15) is 25.8 Å². The Bertz CT molecular complexity index is 848. The van der Waals surface area contributed by atoms with Crippen LogP contribution in [-0.2, 0) is 21.4 Å². The molecule has 1 atom stereocenters. The van der Waals surface area contributed by atoms with Crippen molar-refractivity contribution in [3.05, 3.63) is 42.1 Å². The number of sulfonamides is 1. The normalized spacial score (nSPS) is 16.8. The minimum atomic E-state index is -3.56. The monoisotopic (exact) mass is 395 g/mol. The summed E-state index contributed by atoms with van der Waals surface area (Å²) in [5.41, 5.74) is 0.106. The van der Waals surface area contributed by atoms with Crippen molar-refractivity contribution in [2.75, 3.05) is 20.0 Å². The molecule has 148 valence electrons. The zero-order chi connectivity index (χ0) is 20.2.